The van der Waals surface area contributed by atoms with E-state index in [1.807, 2.05) is 0 Å². The molecule has 0 atom stereocenters. The number of Topliss-reactive ketones (excluding diaryl/α,β-unsaturated/α-hetero) is 1. The van der Waals surface area contributed by atoms with Crippen LogP contribution in [0.2, 0.25) is 0 Å². The zero-order valence-electron chi connectivity index (χ0n) is 12.7. The van der Waals surface area contributed by atoms with Crippen molar-refractivity contribution in [3.05, 3.63) is 0 Å². The zero-order chi connectivity index (χ0) is 15.3. The third-order valence-corrected chi connectivity index (χ3v) is 3.48. The van der Waals surface area contributed by atoms with Crippen molar-refractivity contribution in [1.29, 1.82) is 0 Å². The van der Waals surface area contributed by atoms with E-state index in [0.29, 0.717) is 6.42 Å². The minimum Gasteiger partial charge on any atom is -0.300 e. The summed E-state index contributed by atoms with van der Waals surface area (Å²) in [7, 11) is 0. The molecule has 0 N–H and O–H groups in total. The van der Waals surface area contributed by atoms with Crippen molar-refractivity contribution >= 4 is 5.78 Å². The lowest BCUT2D eigenvalue weighted by Crippen LogP contribution is -2.08. The highest BCUT2D eigenvalue weighted by Crippen LogP contribution is 2.22. The quantitative estimate of drug-likeness (QED) is 0.369. The van der Waals surface area contributed by atoms with Crippen LogP contribution < -0.4 is 0 Å². The van der Waals surface area contributed by atoms with E-state index in [1.54, 1.807) is 0 Å². The summed E-state index contributed by atoms with van der Waals surface area (Å²) in [5.41, 5.74) is 0. The fraction of sp³-hybridized carbons (Fsp3) is 0.938. The lowest BCUT2D eigenvalue weighted by Gasteiger charge is -2.05. The maximum Gasteiger partial charge on any atom is 0.389 e. The first-order valence-electron chi connectivity index (χ1n) is 8.04. The number of rotatable bonds is 13. The molecule has 0 spiro atoms. The van der Waals surface area contributed by atoms with E-state index < -0.39 is 12.6 Å². The predicted molar refractivity (Wildman–Crippen MR) is 76.8 cm³/mol. The average Bonchev–Trinajstić information content (AvgIpc) is 2.35. The van der Waals surface area contributed by atoms with Gasteiger partial charge in [-0.15, -0.1) is 0 Å². The van der Waals surface area contributed by atoms with E-state index in [2.05, 4.69) is 6.92 Å². The fourth-order valence-electron chi connectivity index (χ4n) is 2.24. The van der Waals surface area contributed by atoms with Gasteiger partial charge in [-0.3, -0.25) is 4.79 Å². The largest absolute Gasteiger partial charge is 0.389 e. The number of ketones is 1. The summed E-state index contributed by atoms with van der Waals surface area (Å²) in [4.78, 5) is 11.4. The van der Waals surface area contributed by atoms with E-state index in [4.69, 9.17) is 0 Å². The molecule has 0 aliphatic heterocycles. The van der Waals surface area contributed by atoms with Gasteiger partial charge in [-0.2, -0.15) is 13.2 Å². The highest BCUT2D eigenvalue weighted by molar-refractivity contribution is 5.78. The maximum absolute atomic E-state index is 11.9. The lowest BCUT2D eigenvalue weighted by atomic mass is 10.0. The molecule has 0 unspecified atom stereocenters. The second-order valence-corrected chi connectivity index (χ2v) is 5.59. The van der Waals surface area contributed by atoms with Crippen molar-refractivity contribution in [3.8, 4) is 0 Å². The Labute approximate surface area is 121 Å². The van der Waals surface area contributed by atoms with Crippen molar-refractivity contribution in [2.45, 2.75) is 96.6 Å². The standard InChI is InChI=1S/C16H29F3O/c1-2-3-4-5-6-7-8-9-10-12-15(20)13-11-14-16(17,18)19/h2-14H2,1H3. The first-order chi connectivity index (χ1) is 9.45. The number of halogens is 3. The van der Waals surface area contributed by atoms with Gasteiger partial charge in [0.2, 0.25) is 0 Å². The molecule has 0 heterocycles. The third kappa shape index (κ3) is 15.5. The molecule has 0 fully saturated rings. The van der Waals surface area contributed by atoms with Crippen LogP contribution in [-0.2, 0) is 4.79 Å². The Balaban J connectivity index is 3.23. The highest BCUT2D eigenvalue weighted by Gasteiger charge is 2.26. The van der Waals surface area contributed by atoms with Crippen molar-refractivity contribution in [2.75, 3.05) is 0 Å². The van der Waals surface area contributed by atoms with Crippen molar-refractivity contribution in [1.82, 2.24) is 0 Å². The van der Waals surface area contributed by atoms with Gasteiger partial charge in [-0.25, -0.2) is 0 Å². The van der Waals surface area contributed by atoms with Crippen LogP contribution in [0, 0.1) is 0 Å². The molecular weight excluding hydrogens is 265 g/mol. The Bertz CT molecular complexity index is 236. The molecule has 120 valence electrons. The van der Waals surface area contributed by atoms with E-state index in [1.165, 1.54) is 38.5 Å². The SMILES string of the molecule is CCCCCCCCCCCC(=O)CCCC(F)(F)F. The van der Waals surface area contributed by atoms with Crippen LogP contribution in [0.4, 0.5) is 13.2 Å². The number of hydrogen-bond donors (Lipinski definition) is 0. The smallest absolute Gasteiger partial charge is 0.300 e. The summed E-state index contributed by atoms with van der Waals surface area (Å²) in [6.07, 6.45) is 6.17. The predicted octanol–water partition coefficient (Wildman–Crippen LogP) is 6.21. The molecule has 0 aromatic carbocycles. The summed E-state index contributed by atoms with van der Waals surface area (Å²) >= 11 is 0. The number of alkyl halides is 3. The van der Waals surface area contributed by atoms with E-state index in [9.17, 15) is 18.0 Å². The van der Waals surface area contributed by atoms with Crippen molar-refractivity contribution in [2.24, 2.45) is 0 Å². The Morgan fingerprint density at radius 1 is 0.750 bits per heavy atom. The lowest BCUT2D eigenvalue weighted by molar-refractivity contribution is -0.137. The molecule has 0 amide bonds. The molecule has 0 bridgehead atoms. The molecule has 20 heavy (non-hydrogen) atoms. The Morgan fingerprint density at radius 2 is 1.20 bits per heavy atom. The van der Waals surface area contributed by atoms with Gasteiger partial charge in [0.1, 0.15) is 5.78 Å². The summed E-state index contributed by atoms with van der Waals surface area (Å²) in [6.45, 7) is 2.20. The van der Waals surface area contributed by atoms with E-state index in [-0.39, 0.29) is 18.6 Å². The first kappa shape index (κ1) is 19.5. The van der Waals surface area contributed by atoms with Crippen LogP contribution in [0.15, 0.2) is 0 Å². The van der Waals surface area contributed by atoms with E-state index >= 15 is 0 Å². The van der Waals surface area contributed by atoms with E-state index in [0.717, 1.165) is 19.3 Å². The topological polar surface area (TPSA) is 17.1 Å². The van der Waals surface area contributed by atoms with Gasteiger partial charge in [0.15, 0.2) is 0 Å². The number of hydrogen-bond acceptors (Lipinski definition) is 1. The molecular formula is C16H29F3O. The fourth-order valence-corrected chi connectivity index (χ4v) is 2.24. The molecule has 0 saturated heterocycles. The monoisotopic (exact) mass is 294 g/mol. The van der Waals surface area contributed by atoms with Crippen LogP contribution in [0.5, 0.6) is 0 Å². The van der Waals surface area contributed by atoms with Gasteiger partial charge in [0, 0.05) is 19.3 Å². The molecule has 1 nitrogen and oxygen atoms in total. The number of unbranched alkanes of at least 4 members (excludes halogenated alkanes) is 8. The molecule has 0 aliphatic rings. The molecule has 0 aromatic heterocycles. The highest BCUT2D eigenvalue weighted by atomic mass is 19.4. The molecule has 0 aromatic rings. The minimum atomic E-state index is -4.13. The first-order valence-corrected chi connectivity index (χ1v) is 8.04. The van der Waals surface area contributed by atoms with Crippen LogP contribution >= 0.6 is 0 Å². The van der Waals surface area contributed by atoms with Gasteiger partial charge in [0.05, 0.1) is 0 Å². The number of carbonyl (C=O) groups is 1. The zero-order valence-corrected chi connectivity index (χ0v) is 12.7. The van der Waals surface area contributed by atoms with Crippen LogP contribution in [0.1, 0.15) is 90.4 Å². The maximum atomic E-state index is 11.9. The van der Waals surface area contributed by atoms with Crippen LogP contribution in [0.3, 0.4) is 0 Å². The Kier molecular flexibility index (Phi) is 11.9. The molecule has 0 aliphatic carbocycles. The molecule has 0 saturated carbocycles. The Morgan fingerprint density at radius 3 is 1.70 bits per heavy atom. The van der Waals surface area contributed by atoms with Crippen LogP contribution in [-0.4, -0.2) is 12.0 Å². The summed E-state index contributed by atoms with van der Waals surface area (Å²) in [5, 5.41) is 0. The van der Waals surface area contributed by atoms with Gasteiger partial charge in [-0.1, -0.05) is 58.3 Å². The number of carbonyl (C=O) groups excluding carboxylic acids is 1. The average molecular weight is 294 g/mol. The molecule has 4 heteroatoms. The second-order valence-electron chi connectivity index (χ2n) is 5.59. The third-order valence-electron chi connectivity index (χ3n) is 3.48. The Hall–Kier alpha value is -0.540. The summed E-state index contributed by atoms with van der Waals surface area (Å²) in [6, 6.07) is 0. The van der Waals surface area contributed by atoms with Crippen molar-refractivity contribution in [3.63, 3.8) is 0 Å². The van der Waals surface area contributed by atoms with Gasteiger partial charge in [-0.05, 0) is 12.8 Å². The molecule has 0 rings (SSSR count). The van der Waals surface area contributed by atoms with Gasteiger partial charge in [0.25, 0.3) is 0 Å². The van der Waals surface area contributed by atoms with Crippen LogP contribution in [0.25, 0.3) is 0 Å². The van der Waals surface area contributed by atoms with Crippen molar-refractivity contribution < 1.29 is 18.0 Å². The summed E-state index contributed by atoms with van der Waals surface area (Å²) < 4.78 is 35.7. The molecule has 0 radical (unpaired) electrons. The second kappa shape index (κ2) is 12.2. The van der Waals surface area contributed by atoms with Gasteiger partial charge >= 0.3 is 6.18 Å². The minimum absolute atomic E-state index is 0.0165. The normalized spacial score (nSPS) is 11.8. The summed E-state index contributed by atoms with van der Waals surface area (Å²) in [5.74, 6) is -0.0165. The van der Waals surface area contributed by atoms with Gasteiger partial charge < -0.3 is 0 Å².